The van der Waals surface area contributed by atoms with E-state index in [1.54, 1.807) is 18.4 Å². The van der Waals surface area contributed by atoms with E-state index in [1.165, 1.54) is 13.8 Å². The van der Waals surface area contributed by atoms with Crippen molar-refractivity contribution in [3.63, 3.8) is 0 Å². The van der Waals surface area contributed by atoms with E-state index >= 15 is 0 Å². The van der Waals surface area contributed by atoms with Gasteiger partial charge in [-0.05, 0) is 38.0 Å². The van der Waals surface area contributed by atoms with Gasteiger partial charge in [-0.3, -0.25) is 13.8 Å². The highest BCUT2D eigenvalue weighted by Crippen LogP contribution is 2.24. The number of amides is 1. The second-order valence-corrected chi connectivity index (χ2v) is 7.16. The van der Waals surface area contributed by atoms with Crippen molar-refractivity contribution >= 4 is 28.4 Å². The summed E-state index contributed by atoms with van der Waals surface area (Å²) < 4.78 is 11.3. The van der Waals surface area contributed by atoms with Gasteiger partial charge in [-0.15, -0.1) is 0 Å². The summed E-state index contributed by atoms with van der Waals surface area (Å²) in [5.74, 6) is -0.930. The zero-order valence-corrected chi connectivity index (χ0v) is 13.5. The highest BCUT2D eigenvalue weighted by atomic mass is 32.2. The zero-order chi connectivity index (χ0) is 16.2. The molecule has 1 atom stereocenters. The van der Waals surface area contributed by atoms with Gasteiger partial charge in [-0.25, -0.2) is 0 Å². The Bertz CT molecular complexity index is 581. The molecule has 2 N–H and O–H groups in total. The lowest BCUT2D eigenvalue weighted by Crippen LogP contribution is -2.29. The molecule has 0 saturated heterocycles. The van der Waals surface area contributed by atoms with E-state index in [-0.39, 0.29) is 12.3 Å². The first-order valence-corrected chi connectivity index (χ1v) is 8.28. The third-order valence-corrected chi connectivity index (χ3v) is 3.98. The molecule has 0 spiro atoms. The Balaban J connectivity index is 2.86. The van der Waals surface area contributed by atoms with Crippen LogP contribution in [0, 0.1) is 12.3 Å². The van der Waals surface area contributed by atoms with Crippen LogP contribution in [0.2, 0.25) is 0 Å². The molecule has 0 radical (unpaired) electrons. The minimum Gasteiger partial charge on any atom is -0.481 e. The molecule has 1 aromatic carbocycles. The van der Waals surface area contributed by atoms with Gasteiger partial charge in [0.25, 0.3) is 0 Å². The fraction of sp³-hybridized carbons (Fsp3) is 0.467. The van der Waals surface area contributed by atoms with Crippen LogP contribution >= 0.6 is 0 Å². The fourth-order valence-corrected chi connectivity index (χ4v) is 2.62. The number of anilines is 1. The quantitative estimate of drug-likeness (QED) is 0.844. The molecule has 0 aromatic heterocycles. The predicted molar refractivity (Wildman–Crippen MR) is 83.6 cm³/mol. The van der Waals surface area contributed by atoms with Gasteiger partial charge in [0.05, 0.1) is 5.41 Å². The van der Waals surface area contributed by atoms with Gasteiger partial charge in [0.1, 0.15) is 0 Å². The molecule has 0 aliphatic heterocycles. The number of benzene rings is 1. The van der Waals surface area contributed by atoms with Crippen LogP contribution in [-0.4, -0.2) is 27.4 Å². The van der Waals surface area contributed by atoms with E-state index in [9.17, 15) is 13.8 Å². The third kappa shape index (κ3) is 4.97. The number of carboxylic acids is 1. The standard InChI is InChI=1S/C15H21NO4S/c1-10-11(9-21(4)20)6-5-7-12(10)16-13(17)8-15(2,3)14(18)19/h5-7H,8-9H2,1-4H3,(H,16,17)(H,18,19). The monoisotopic (exact) mass is 311 g/mol. The maximum atomic E-state index is 12.0. The van der Waals surface area contributed by atoms with Crippen molar-refractivity contribution in [1.82, 2.24) is 0 Å². The lowest BCUT2D eigenvalue weighted by Gasteiger charge is -2.19. The minimum atomic E-state index is -1.11. The Morgan fingerprint density at radius 1 is 1.33 bits per heavy atom. The Morgan fingerprint density at radius 2 is 1.95 bits per heavy atom. The van der Waals surface area contributed by atoms with E-state index in [1.807, 2.05) is 13.0 Å². The van der Waals surface area contributed by atoms with E-state index in [0.29, 0.717) is 11.4 Å². The van der Waals surface area contributed by atoms with Crippen molar-refractivity contribution < 1.29 is 18.9 Å². The van der Waals surface area contributed by atoms with Gasteiger partial charge in [0, 0.05) is 34.9 Å². The number of carbonyl (C=O) groups is 2. The molecule has 0 bridgehead atoms. The maximum Gasteiger partial charge on any atom is 0.309 e. The van der Waals surface area contributed by atoms with Crippen LogP contribution in [0.3, 0.4) is 0 Å². The fourth-order valence-electron chi connectivity index (χ4n) is 1.87. The van der Waals surface area contributed by atoms with Crippen molar-refractivity contribution in [3.8, 4) is 0 Å². The molecular formula is C15H21NO4S. The van der Waals surface area contributed by atoms with Crippen LogP contribution in [0.15, 0.2) is 18.2 Å². The van der Waals surface area contributed by atoms with Gasteiger partial charge in [0.15, 0.2) is 0 Å². The molecule has 5 nitrogen and oxygen atoms in total. The number of carboxylic acid groups (broad SMARTS) is 1. The molecule has 1 amide bonds. The second kappa shape index (κ2) is 6.85. The second-order valence-electron chi connectivity index (χ2n) is 5.72. The molecule has 0 heterocycles. The highest BCUT2D eigenvalue weighted by molar-refractivity contribution is 7.83. The molecule has 1 aromatic rings. The summed E-state index contributed by atoms with van der Waals surface area (Å²) in [6.07, 6.45) is 1.52. The molecule has 0 saturated carbocycles. The number of hydrogen-bond donors (Lipinski definition) is 2. The number of hydrogen-bond acceptors (Lipinski definition) is 3. The first-order valence-electron chi connectivity index (χ1n) is 6.55. The topological polar surface area (TPSA) is 83.5 Å². The SMILES string of the molecule is Cc1c(CS(C)=O)cccc1NC(=O)CC(C)(C)C(=O)O. The van der Waals surface area contributed by atoms with Crippen molar-refractivity contribution in [3.05, 3.63) is 29.3 Å². The van der Waals surface area contributed by atoms with Crippen LogP contribution in [0.25, 0.3) is 0 Å². The first kappa shape index (κ1) is 17.4. The zero-order valence-electron chi connectivity index (χ0n) is 12.7. The van der Waals surface area contributed by atoms with Gasteiger partial charge < -0.3 is 10.4 Å². The van der Waals surface area contributed by atoms with Gasteiger partial charge >= 0.3 is 5.97 Å². The van der Waals surface area contributed by atoms with Gasteiger partial charge in [0.2, 0.25) is 5.91 Å². The van der Waals surface area contributed by atoms with Crippen LogP contribution in [-0.2, 0) is 26.1 Å². The van der Waals surface area contributed by atoms with Crippen molar-refractivity contribution in [2.24, 2.45) is 5.41 Å². The summed E-state index contributed by atoms with van der Waals surface area (Å²) in [6.45, 7) is 4.87. The van der Waals surface area contributed by atoms with E-state index in [0.717, 1.165) is 11.1 Å². The Labute approximate surface area is 127 Å². The average Bonchev–Trinajstić information content (AvgIpc) is 2.32. The Hall–Kier alpha value is -1.69. The van der Waals surface area contributed by atoms with Crippen LogP contribution < -0.4 is 5.32 Å². The molecule has 0 fully saturated rings. The van der Waals surface area contributed by atoms with Crippen molar-refractivity contribution in [2.45, 2.75) is 32.9 Å². The largest absolute Gasteiger partial charge is 0.481 e. The number of aliphatic carboxylic acids is 1. The molecule has 0 aliphatic carbocycles. The molecular weight excluding hydrogens is 290 g/mol. The maximum absolute atomic E-state index is 12.0. The molecule has 116 valence electrons. The summed E-state index contributed by atoms with van der Waals surface area (Å²) in [6, 6.07) is 5.41. The Morgan fingerprint density at radius 3 is 2.48 bits per heavy atom. The summed E-state index contributed by atoms with van der Waals surface area (Å²) in [4.78, 5) is 23.0. The number of nitrogens with one attached hydrogen (secondary N) is 1. The molecule has 1 rings (SSSR count). The van der Waals surface area contributed by atoms with Crippen LogP contribution in [0.1, 0.15) is 31.4 Å². The molecule has 21 heavy (non-hydrogen) atoms. The lowest BCUT2D eigenvalue weighted by molar-refractivity contribution is -0.148. The van der Waals surface area contributed by atoms with E-state index in [4.69, 9.17) is 5.11 Å². The summed E-state index contributed by atoms with van der Waals surface area (Å²) in [5, 5.41) is 11.8. The number of rotatable bonds is 6. The summed E-state index contributed by atoms with van der Waals surface area (Å²) in [5.41, 5.74) is 1.28. The summed E-state index contributed by atoms with van der Waals surface area (Å²) in [7, 11) is -0.960. The lowest BCUT2D eigenvalue weighted by atomic mass is 9.89. The molecule has 6 heteroatoms. The molecule has 0 aliphatic rings. The van der Waals surface area contributed by atoms with E-state index < -0.39 is 22.2 Å². The van der Waals surface area contributed by atoms with Gasteiger partial charge in [-0.2, -0.15) is 0 Å². The minimum absolute atomic E-state index is 0.105. The smallest absolute Gasteiger partial charge is 0.309 e. The predicted octanol–water partition coefficient (Wildman–Crippen LogP) is 2.31. The normalized spacial score (nSPS) is 12.8. The Kier molecular flexibility index (Phi) is 5.66. The average molecular weight is 311 g/mol. The van der Waals surface area contributed by atoms with E-state index in [2.05, 4.69) is 5.32 Å². The first-order chi connectivity index (χ1) is 9.63. The van der Waals surface area contributed by atoms with Gasteiger partial charge in [-0.1, -0.05) is 12.1 Å². The number of carbonyl (C=O) groups excluding carboxylic acids is 1. The third-order valence-electron chi connectivity index (χ3n) is 3.26. The van der Waals surface area contributed by atoms with Crippen LogP contribution in [0.5, 0.6) is 0 Å². The van der Waals surface area contributed by atoms with Crippen molar-refractivity contribution in [1.29, 1.82) is 0 Å². The van der Waals surface area contributed by atoms with Crippen LogP contribution in [0.4, 0.5) is 5.69 Å². The molecule has 1 unspecified atom stereocenters. The van der Waals surface area contributed by atoms with Crippen molar-refractivity contribution in [2.75, 3.05) is 11.6 Å². The summed E-state index contributed by atoms with van der Waals surface area (Å²) >= 11 is 0. The highest BCUT2D eigenvalue weighted by Gasteiger charge is 2.30.